The number of halogens is 2. The second-order valence-electron chi connectivity index (χ2n) is 3.02. The highest BCUT2D eigenvalue weighted by Crippen LogP contribution is 2.43. The van der Waals surface area contributed by atoms with Crippen LogP contribution in [0, 0.1) is 0 Å². The topological polar surface area (TPSA) is 48.9 Å². The Kier molecular flexibility index (Phi) is 1.44. The van der Waals surface area contributed by atoms with Gasteiger partial charge in [0.05, 0.1) is 6.20 Å². The predicted octanol–water partition coefficient (Wildman–Crippen LogP) is 1.33. The van der Waals surface area contributed by atoms with Crippen molar-refractivity contribution in [2.24, 2.45) is 0 Å². The maximum absolute atomic E-state index is 12.0. The number of aliphatic hydroxyl groups is 1. The summed E-state index contributed by atoms with van der Waals surface area (Å²) in [5, 5.41) is 9.46. The van der Waals surface area contributed by atoms with Crippen LogP contribution in [-0.4, -0.2) is 15.1 Å². The minimum absolute atomic E-state index is 0.231. The van der Waals surface area contributed by atoms with E-state index in [0.29, 0.717) is 12.8 Å². The van der Waals surface area contributed by atoms with Crippen LogP contribution >= 0.6 is 0 Å². The number of aromatic nitrogens is 2. The molecule has 0 bridgehead atoms. The molecule has 1 aliphatic rings. The Hall–Kier alpha value is -0.970. The first kappa shape index (κ1) is 7.67. The molecule has 1 fully saturated rings. The first-order chi connectivity index (χ1) is 5.62. The summed E-state index contributed by atoms with van der Waals surface area (Å²) in [5.74, 6) is 0.262. The molecule has 1 saturated carbocycles. The van der Waals surface area contributed by atoms with E-state index in [4.69, 9.17) is 0 Å². The largest absolute Gasteiger partial charge is 0.382 e. The molecule has 0 saturated heterocycles. The molecule has 1 aromatic rings. The van der Waals surface area contributed by atoms with Crippen molar-refractivity contribution in [1.82, 2.24) is 9.97 Å². The normalized spacial score (nSPS) is 20.0. The third kappa shape index (κ3) is 1.10. The zero-order valence-corrected chi connectivity index (χ0v) is 6.22. The van der Waals surface area contributed by atoms with Crippen molar-refractivity contribution < 1.29 is 13.9 Å². The van der Waals surface area contributed by atoms with Gasteiger partial charge in [0.2, 0.25) is 0 Å². The Morgan fingerprint density at radius 1 is 1.58 bits per heavy atom. The van der Waals surface area contributed by atoms with E-state index >= 15 is 0 Å². The van der Waals surface area contributed by atoms with E-state index in [1.54, 1.807) is 0 Å². The van der Waals surface area contributed by atoms with E-state index in [9.17, 15) is 13.9 Å². The van der Waals surface area contributed by atoms with Crippen LogP contribution in [0.3, 0.4) is 0 Å². The van der Waals surface area contributed by atoms with Gasteiger partial charge in [-0.15, -0.1) is 0 Å². The minimum Gasteiger partial charge on any atom is -0.382 e. The van der Waals surface area contributed by atoms with Crippen LogP contribution in [0.1, 0.15) is 30.8 Å². The molecule has 0 aromatic carbocycles. The zero-order chi connectivity index (χ0) is 8.77. The fraction of sp³-hybridized carbons (Fsp3) is 0.571. The summed E-state index contributed by atoms with van der Waals surface area (Å²) in [5.41, 5.74) is -1.18. The Morgan fingerprint density at radius 2 is 2.25 bits per heavy atom. The molecule has 66 valence electrons. The summed E-state index contributed by atoms with van der Waals surface area (Å²) in [6, 6.07) is 0. The van der Waals surface area contributed by atoms with E-state index in [0.717, 1.165) is 6.20 Å². The average molecular weight is 174 g/mol. The van der Waals surface area contributed by atoms with Crippen molar-refractivity contribution >= 4 is 0 Å². The lowest BCUT2D eigenvalue weighted by atomic mass is 10.3. The first-order valence-corrected chi connectivity index (χ1v) is 3.68. The van der Waals surface area contributed by atoms with Crippen LogP contribution in [0.5, 0.6) is 0 Å². The van der Waals surface area contributed by atoms with Gasteiger partial charge in [-0.1, -0.05) is 0 Å². The van der Waals surface area contributed by atoms with E-state index in [-0.39, 0.29) is 11.5 Å². The van der Waals surface area contributed by atoms with Gasteiger partial charge in [0.25, 0.3) is 6.43 Å². The van der Waals surface area contributed by atoms with Gasteiger partial charge in [-0.05, 0) is 12.8 Å². The van der Waals surface area contributed by atoms with Gasteiger partial charge in [-0.3, -0.25) is 0 Å². The van der Waals surface area contributed by atoms with Gasteiger partial charge in [-0.2, -0.15) is 0 Å². The average Bonchev–Trinajstić information content (AvgIpc) is 2.61. The molecule has 0 spiro atoms. The summed E-state index contributed by atoms with van der Waals surface area (Å²) >= 11 is 0. The number of rotatable bonds is 2. The Bertz CT molecular complexity index is 293. The molecule has 0 amide bonds. The van der Waals surface area contributed by atoms with Crippen molar-refractivity contribution in [3.63, 3.8) is 0 Å². The van der Waals surface area contributed by atoms with Crippen molar-refractivity contribution in [3.8, 4) is 0 Å². The second kappa shape index (κ2) is 2.26. The Balaban J connectivity index is 2.25. The summed E-state index contributed by atoms with van der Waals surface area (Å²) in [6.07, 6.45) is -0.281. The lowest BCUT2D eigenvalue weighted by Gasteiger charge is -2.01. The van der Waals surface area contributed by atoms with E-state index in [2.05, 4.69) is 9.97 Å². The number of hydrogen-bond donors (Lipinski definition) is 2. The van der Waals surface area contributed by atoms with Crippen LogP contribution in [0.15, 0.2) is 6.20 Å². The smallest absolute Gasteiger partial charge is 0.279 e. The second-order valence-corrected chi connectivity index (χ2v) is 3.02. The molecule has 1 heterocycles. The van der Waals surface area contributed by atoms with Gasteiger partial charge in [0.1, 0.15) is 17.1 Å². The minimum atomic E-state index is -2.55. The Labute approximate surface area is 67.4 Å². The molecule has 1 aliphatic carbocycles. The number of nitrogens with zero attached hydrogens (tertiary/aromatic N) is 1. The van der Waals surface area contributed by atoms with Crippen LogP contribution < -0.4 is 0 Å². The zero-order valence-electron chi connectivity index (χ0n) is 6.22. The third-order valence-electron chi connectivity index (χ3n) is 1.99. The molecule has 0 radical (unpaired) electrons. The maximum atomic E-state index is 12.0. The van der Waals surface area contributed by atoms with Crippen molar-refractivity contribution in [2.45, 2.75) is 24.9 Å². The highest BCUT2D eigenvalue weighted by atomic mass is 19.3. The number of hydrogen-bond acceptors (Lipinski definition) is 2. The van der Waals surface area contributed by atoms with Gasteiger partial charge in [0, 0.05) is 0 Å². The monoisotopic (exact) mass is 174 g/mol. The lowest BCUT2D eigenvalue weighted by Crippen LogP contribution is -2.06. The summed E-state index contributed by atoms with van der Waals surface area (Å²) in [7, 11) is 0. The van der Waals surface area contributed by atoms with Gasteiger partial charge in [-0.25, -0.2) is 13.8 Å². The highest BCUT2D eigenvalue weighted by molar-refractivity contribution is 5.15. The molecule has 0 atom stereocenters. The third-order valence-corrected chi connectivity index (χ3v) is 1.99. The van der Waals surface area contributed by atoms with Gasteiger partial charge in [0.15, 0.2) is 0 Å². The standard InChI is InChI=1S/C7H8F2N2O/c8-5(9)4-3-10-6(11-4)7(12)1-2-7/h3,5,12H,1-2H2,(H,10,11). The molecule has 1 aromatic heterocycles. The first-order valence-electron chi connectivity index (χ1n) is 3.68. The van der Waals surface area contributed by atoms with Crippen LogP contribution in [-0.2, 0) is 5.60 Å². The van der Waals surface area contributed by atoms with Crippen molar-refractivity contribution in [1.29, 1.82) is 0 Å². The molecule has 2 N–H and O–H groups in total. The highest BCUT2D eigenvalue weighted by Gasteiger charge is 2.45. The fourth-order valence-corrected chi connectivity index (χ4v) is 1.04. The molecule has 3 nitrogen and oxygen atoms in total. The quantitative estimate of drug-likeness (QED) is 0.710. The summed E-state index contributed by atoms with van der Waals surface area (Å²) in [6.45, 7) is 0. The Morgan fingerprint density at radius 3 is 2.67 bits per heavy atom. The maximum Gasteiger partial charge on any atom is 0.279 e. The molecule has 0 unspecified atom stereocenters. The number of alkyl halides is 2. The molecular weight excluding hydrogens is 166 g/mol. The molecular formula is C7H8F2N2O. The molecule has 2 rings (SSSR count). The van der Waals surface area contributed by atoms with Crippen LogP contribution in [0.25, 0.3) is 0 Å². The van der Waals surface area contributed by atoms with E-state index < -0.39 is 12.0 Å². The number of nitrogens with one attached hydrogen (secondary N) is 1. The van der Waals surface area contributed by atoms with Crippen molar-refractivity contribution in [2.75, 3.05) is 0 Å². The number of H-pyrrole nitrogens is 1. The van der Waals surface area contributed by atoms with E-state index in [1.165, 1.54) is 0 Å². The predicted molar refractivity (Wildman–Crippen MR) is 36.7 cm³/mol. The fourth-order valence-electron chi connectivity index (χ4n) is 1.04. The SMILES string of the molecule is OC1(c2ncc(C(F)F)[nH]2)CC1. The molecule has 0 aliphatic heterocycles. The summed E-state index contributed by atoms with van der Waals surface area (Å²) < 4.78 is 24.1. The summed E-state index contributed by atoms with van der Waals surface area (Å²) in [4.78, 5) is 6.09. The van der Waals surface area contributed by atoms with Crippen LogP contribution in [0.2, 0.25) is 0 Å². The van der Waals surface area contributed by atoms with Crippen LogP contribution in [0.4, 0.5) is 8.78 Å². The lowest BCUT2D eigenvalue weighted by molar-refractivity contribution is 0.135. The number of imidazole rings is 1. The molecule has 12 heavy (non-hydrogen) atoms. The van der Waals surface area contributed by atoms with Crippen molar-refractivity contribution in [3.05, 3.63) is 17.7 Å². The van der Waals surface area contributed by atoms with Gasteiger partial charge < -0.3 is 10.1 Å². The number of aromatic amines is 1. The molecule has 5 heteroatoms. The van der Waals surface area contributed by atoms with E-state index in [1.807, 2.05) is 0 Å². The van der Waals surface area contributed by atoms with Gasteiger partial charge >= 0.3 is 0 Å².